The van der Waals surface area contributed by atoms with Gasteiger partial charge >= 0.3 is 0 Å². The van der Waals surface area contributed by atoms with Crippen molar-refractivity contribution >= 4 is 5.84 Å². The van der Waals surface area contributed by atoms with Crippen LogP contribution in [-0.2, 0) is 6.54 Å². The van der Waals surface area contributed by atoms with Crippen LogP contribution in [0.4, 0.5) is 0 Å². The largest absolute Gasteiger partial charge is 0.409 e. The summed E-state index contributed by atoms with van der Waals surface area (Å²) in [5.74, 6) is 0.150. The summed E-state index contributed by atoms with van der Waals surface area (Å²) in [6.07, 6.45) is 1.19. The van der Waals surface area contributed by atoms with Crippen molar-refractivity contribution in [1.82, 2.24) is 10.2 Å². The van der Waals surface area contributed by atoms with E-state index < -0.39 is 0 Å². The lowest BCUT2D eigenvalue weighted by Crippen LogP contribution is -2.31. The molecule has 5 heteroatoms. The van der Waals surface area contributed by atoms with Crippen LogP contribution < -0.4 is 11.1 Å². The monoisotopic (exact) mass is 248 g/mol. The Kier molecular flexibility index (Phi) is 4.17. The van der Waals surface area contributed by atoms with E-state index in [4.69, 9.17) is 10.9 Å². The second-order valence-corrected chi connectivity index (χ2v) is 4.81. The van der Waals surface area contributed by atoms with E-state index in [-0.39, 0.29) is 5.84 Å². The molecule has 1 heterocycles. The summed E-state index contributed by atoms with van der Waals surface area (Å²) in [6.45, 7) is 3.06. The maximum atomic E-state index is 8.65. The van der Waals surface area contributed by atoms with E-state index >= 15 is 0 Å². The van der Waals surface area contributed by atoms with Crippen molar-refractivity contribution < 1.29 is 5.21 Å². The molecule has 0 saturated carbocycles. The van der Waals surface area contributed by atoms with Gasteiger partial charge in [0.05, 0.1) is 0 Å². The van der Waals surface area contributed by atoms with E-state index in [0.29, 0.717) is 6.04 Å². The standard InChI is InChI=1S/C13H20N4O/c1-17-6-5-12(9-17)15-8-10-3-2-4-11(7-10)13(14)16-18/h2-4,7,12,15,18H,5-6,8-9H2,1H3,(H2,14,16). The molecule has 1 aromatic rings. The number of amidine groups is 1. The lowest BCUT2D eigenvalue weighted by molar-refractivity contribution is 0.318. The maximum Gasteiger partial charge on any atom is 0.170 e. The van der Waals surface area contributed by atoms with Crippen LogP contribution in [0.25, 0.3) is 0 Å². The topological polar surface area (TPSA) is 73.9 Å². The Bertz CT molecular complexity index is 433. The van der Waals surface area contributed by atoms with Crippen LogP contribution in [0.5, 0.6) is 0 Å². The van der Waals surface area contributed by atoms with Gasteiger partial charge < -0.3 is 21.2 Å². The summed E-state index contributed by atoms with van der Waals surface area (Å²) in [5, 5.41) is 15.2. The Labute approximate surface area is 107 Å². The molecule has 98 valence electrons. The molecule has 5 nitrogen and oxygen atoms in total. The van der Waals surface area contributed by atoms with Gasteiger partial charge in [-0.1, -0.05) is 23.4 Å². The molecule has 0 spiro atoms. The van der Waals surface area contributed by atoms with Crippen molar-refractivity contribution in [3.8, 4) is 0 Å². The Morgan fingerprint density at radius 3 is 3.11 bits per heavy atom. The number of nitrogens with two attached hydrogens (primary N) is 1. The summed E-state index contributed by atoms with van der Waals surface area (Å²) in [5.41, 5.74) is 7.47. The highest BCUT2D eigenvalue weighted by Gasteiger charge is 2.18. The molecule has 1 fully saturated rings. The Morgan fingerprint density at radius 2 is 2.44 bits per heavy atom. The predicted molar refractivity (Wildman–Crippen MR) is 71.7 cm³/mol. The van der Waals surface area contributed by atoms with Crippen LogP contribution in [0.1, 0.15) is 17.5 Å². The van der Waals surface area contributed by atoms with E-state index in [2.05, 4.69) is 22.4 Å². The number of hydrogen-bond acceptors (Lipinski definition) is 4. The third-order valence-electron chi connectivity index (χ3n) is 3.32. The number of likely N-dealkylation sites (N-methyl/N-ethyl adjacent to an activating group) is 1. The van der Waals surface area contributed by atoms with Crippen LogP contribution in [0.15, 0.2) is 29.4 Å². The fourth-order valence-electron chi connectivity index (χ4n) is 2.26. The van der Waals surface area contributed by atoms with E-state index in [1.54, 1.807) is 0 Å². The first-order chi connectivity index (χ1) is 8.69. The second kappa shape index (κ2) is 5.84. The van der Waals surface area contributed by atoms with Gasteiger partial charge in [0.2, 0.25) is 0 Å². The third kappa shape index (κ3) is 3.21. The molecule has 1 aromatic carbocycles. The van der Waals surface area contributed by atoms with Gasteiger partial charge in [0, 0.05) is 24.7 Å². The maximum absolute atomic E-state index is 8.65. The molecule has 18 heavy (non-hydrogen) atoms. The number of benzene rings is 1. The average molecular weight is 248 g/mol. The van der Waals surface area contributed by atoms with Gasteiger partial charge in [0.1, 0.15) is 0 Å². The van der Waals surface area contributed by atoms with Crippen LogP contribution in [0.3, 0.4) is 0 Å². The van der Waals surface area contributed by atoms with Crippen molar-refractivity contribution in [3.05, 3.63) is 35.4 Å². The normalized spacial score (nSPS) is 21.4. The first-order valence-corrected chi connectivity index (χ1v) is 6.18. The van der Waals surface area contributed by atoms with Crippen molar-refractivity contribution in [3.63, 3.8) is 0 Å². The van der Waals surface area contributed by atoms with Crippen LogP contribution >= 0.6 is 0 Å². The van der Waals surface area contributed by atoms with Crippen LogP contribution in [-0.4, -0.2) is 42.1 Å². The molecule has 2 rings (SSSR count). The average Bonchev–Trinajstić information content (AvgIpc) is 2.81. The van der Waals surface area contributed by atoms with Crippen molar-refractivity contribution in [2.24, 2.45) is 10.9 Å². The highest BCUT2D eigenvalue weighted by Crippen LogP contribution is 2.09. The smallest absolute Gasteiger partial charge is 0.170 e. The lowest BCUT2D eigenvalue weighted by Gasteiger charge is -2.13. The fraction of sp³-hybridized carbons (Fsp3) is 0.462. The molecule has 0 amide bonds. The van der Waals surface area contributed by atoms with Gasteiger partial charge in [-0.3, -0.25) is 0 Å². The minimum atomic E-state index is 0.150. The van der Waals surface area contributed by atoms with Gasteiger partial charge in [-0.25, -0.2) is 0 Å². The van der Waals surface area contributed by atoms with Gasteiger partial charge in [-0.15, -0.1) is 0 Å². The molecule has 1 aliphatic rings. The number of oxime groups is 1. The minimum Gasteiger partial charge on any atom is -0.409 e. The summed E-state index contributed by atoms with van der Waals surface area (Å²) in [6, 6.07) is 8.30. The summed E-state index contributed by atoms with van der Waals surface area (Å²) >= 11 is 0. The highest BCUT2D eigenvalue weighted by atomic mass is 16.4. The lowest BCUT2D eigenvalue weighted by atomic mass is 10.1. The zero-order valence-corrected chi connectivity index (χ0v) is 10.6. The van der Waals surface area contributed by atoms with Gasteiger partial charge in [0.15, 0.2) is 5.84 Å². The first-order valence-electron chi connectivity index (χ1n) is 6.18. The molecular weight excluding hydrogens is 228 g/mol. The molecule has 0 radical (unpaired) electrons. The molecule has 0 aliphatic carbocycles. The van der Waals surface area contributed by atoms with Crippen LogP contribution in [0.2, 0.25) is 0 Å². The molecule has 0 aromatic heterocycles. The predicted octanol–water partition coefficient (Wildman–Crippen LogP) is 0.575. The van der Waals surface area contributed by atoms with Crippen molar-refractivity contribution in [2.75, 3.05) is 20.1 Å². The van der Waals surface area contributed by atoms with E-state index in [9.17, 15) is 0 Å². The molecule has 1 saturated heterocycles. The number of nitrogens with one attached hydrogen (secondary N) is 1. The Hall–Kier alpha value is -1.59. The van der Waals surface area contributed by atoms with Gasteiger partial charge in [-0.05, 0) is 31.6 Å². The number of nitrogens with zero attached hydrogens (tertiary/aromatic N) is 2. The van der Waals surface area contributed by atoms with Crippen molar-refractivity contribution in [2.45, 2.75) is 19.0 Å². The summed E-state index contributed by atoms with van der Waals surface area (Å²) in [7, 11) is 2.14. The summed E-state index contributed by atoms with van der Waals surface area (Å²) in [4.78, 5) is 2.32. The van der Waals surface area contributed by atoms with Gasteiger partial charge in [-0.2, -0.15) is 0 Å². The number of hydrogen-bond donors (Lipinski definition) is 3. The highest BCUT2D eigenvalue weighted by molar-refractivity contribution is 5.97. The minimum absolute atomic E-state index is 0.150. The van der Waals surface area contributed by atoms with Gasteiger partial charge in [0.25, 0.3) is 0 Å². The molecule has 1 atom stereocenters. The summed E-state index contributed by atoms with van der Waals surface area (Å²) < 4.78 is 0. The fourth-order valence-corrected chi connectivity index (χ4v) is 2.26. The Balaban J connectivity index is 1.93. The van der Waals surface area contributed by atoms with Crippen LogP contribution in [0, 0.1) is 0 Å². The SMILES string of the molecule is CN1CCC(NCc2cccc(C(N)=NO)c2)C1. The van der Waals surface area contributed by atoms with Crippen molar-refractivity contribution in [1.29, 1.82) is 0 Å². The number of likely N-dealkylation sites (tertiary alicyclic amines) is 1. The Morgan fingerprint density at radius 1 is 1.61 bits per heavy atom. The zero-order valence-electron chi connectivity index (χ0n) is 10.6. The first kappa shape index (κ1) is 12.9. The molecule has 1 unspecified atom stereocenters. The zero-order chi connectivity index (χ0) is 13.0. The number of rotatable bonds is 4. The second-order valence-electron chi connectivity index (χ2n) is 4.81. The quantitative estimate of drug-likeness (QED) is 0.315. The third-order valence-corrected chi connectivity index (χ3v) is 3.32. The molecule has 0 bridgehead atoms. The van der Waals surface area contributed by atoms with E-state index in [1.165, 1.54) is 6.42 Å². The molecule has 1 aliphatic heterocycles. The van der Waals surface area contributed by atoms with E-state index in [0.717, 1.165) is 30.8 Å². The molecule has 4 N–H and O–H groups in total. The van der Waals surface area contributed by atoms with E-state index in [1.807, 2.05) is 24.3 Å². The molecular formula is C13H20N4O.